The van der Waals surface area contributed by atoms with Gasteiger partial charge >= 0.3 is 0 Å². The second-order valence-electron chi connectivity index (χ2n) is 10.4. The van der Waals surface area contributed by atoms with Crippen LogP contribution in [0.2, 0.25) is 0 Å². The molecule has 0 fully saturated rings. The Morgan fingerprint density at radius 2 is 1.73 bits per heavy atom. The van der Waals surface area contributed by atoms with Crippen molar-refractivity contribution in [1.29, 1.82) is 0 Å². The van der Waals surface area contributed by atoms with Crippen molar-refractivity contribution in [1.82, 2.24) is 20.9 Å². The first-order valence-electron chi connectivity index (χ1n) is 14.2. The fourth-order valence-electron chi connectivity index (χ4n) is 4.44. The summed E-state index contributed by atoms with van der Waals surface area (Å²) < 4.78 is 18.1. The number of halogens is 1. The third-order valence-corrected chi connectivity index (χ3v) is 7.05. The van der Waals surface area contributed by atoms with Gasteiger partial charge in [0.1, 0.15) is 24.2 Å². The zero-order chi connectivity index (χ0) is 30.4. The van der Waals surface area contributed by atoms with Crippen molar-refractivity contribution >= 4 is 17.7 Å². The van der Waals surface area contributed by atoms with Gasteiger partial charge in [-0.25, -0.2) is 4.39 Å². The number of para-hydroxylation sites is 1. The van der Waals surface area contributed by atoms with Gasteiger partial charge in [0, 0.05) is 20.1 Å². The first-order valence-corrected chi connectivity index (χ1v) is 14.2. The highest BCUT2D eigenvalue weighted by molar-refractivity contribution is 5.92. The van der Waals surface area contributed by atoms with Crippen LogP contribution < -0.4 is 20.7 Å². The highest BCUT2D eigenvalue weighted by atomic mass is 19.1. The summed E-state index contributed by atoms with van der Waals surface area (Å²) in [5, 5.41) is 18.8. The van der Waals surface area contributed by atoms with Crippen molar-refractivity contribution in [3.63, 3.8) is 0 Å². The molecular weight excluding hydrogens is 527 g/mol. The van der Waals surface area contributed by atoms with Crippen LogP contribution in [-0.2, 0) is 20.8 Å². The number of carbonyl (C=O) groups is 3. The maximum absolute atomic E-state index is 13.3. The molecule has 3 rings (SSSR count). The van der Waals surface area contributed by atoms with Crippen LogP contribution in [0.1, 0.15) is 44.7 Å². The topological polar surface area (TPSA) is 120 Å². The smallest absolute Gasteiger partial charge is 0.245 e. The molecule has 3 amide bonds. The number of nitrogens with zero attached hydrogens (tertiary/aromatic N) is 1. The summed E-state index contributed by atoms with van der Waals surface area (Å²) in [4.78, 5) is 39.5. The highest BCUT2D eigenvalue weighted by Crippen LogP contribution is 2.19. The summed E-state index contributed by atoms with van der Waals surface area (Å²) in [5.74, 6) is -0.575. The predicted octanol–water partition coefficient (Wildman–Crippen LogP) is 2.59. The van der Waals surface area contributed by atoms with E-state index in [4.69, 9.17) is 4.74 Å². The Labute approximate surface area is 242 Å². The monoisotopic (exact) mass is 572 g/mol. The highest BCUT2D eigenvalue weighted by Gasteiger charge is 2.35. The van der Waals surface area contributed by atoms with Crippen LogP contribution in [0.25, 0.3) is 0 Å². The molecule has 41 heavy (non-hydrogen) atoms. The van der Waals surface area contributed by atoms with Crippen molar-refractivity contribution in [3.05, 3.63) is 65.5 Å². The van der Waals surface area contributed by atoms with Crippen LogP contribution >= 0.6 is 0 Å². The Morgan fingerprint density at radius 3 is 2.37 bits per heavy atom. The Hall–Kier alpha value is -3.50. The van der Waals surface area contributed by atoms with Crippen molar-refractivity contribution < 1.29 is 28.6 Å². The number of likely N-dealkylation sites (N-methyl/N-ethyl adjacent to an activating group) is 1. The lowest BCUT2D eigenvalue weighted by Crippen LogP contribution is -2.59. The standard InChI is InChI=1S/C24H38N4O5.C7H7F/c1-5-16(2)21-24(32)28(4)22(17(3)29)23(31)27-15-20(30)25-12-8-10-18-9-6-7-11-19(18)33-14-13-26-21;1-6-2-4-7(8)5-3-6/h6-7,9,11,16-17,21-22,26,29H,5,8,10,12-15H2,1-4H3,(H,25,30)(H,27,31);2-5H,1H3. The molecule has 0 aromatic heterocycles. The third kappa shape index (κ3) is 11.1. The molecule has 2 aromatic rings. The van der Waals surface area contributed by atoms with Crippen LogP contribution in [0.15, 0.2) is 48.5 Å². The molecule has 10 heteroatoms. The minimum Gasteiger partial charge on any atom is -0.492 e. The van der Waals surface area contributed by atoms with E-state index in [0.717, 1.165) is 36.1 Å². The quantitative estimate of drug-likeness (QED) is 0.449. The molecule has 0 radical (unpaired) electrons. The second kappa shape index (κ2) is 17.3. The SMILES string of the molecule is CCC(C)C1NCCOc2ccccc2CCCNC(=O)CNC(=O)C(C(C)O)N(C)C1=O.Cc1ccc(F)cc1. The average molecular weight is 573 g/mol. The molecule has 2 aromatic carbocycles. The lowest BCUT2D eigenvalue weighted by atomic mass is 9.96. The van der Waals surface area contributed by atoms with Crippen molar-refractivity contribution in [2.75, 3.05) is 33.3 Å². The lowest BCUT2D eigenvalue weighted by molar-refractivity contribution is -0.145. The van der Waals surface area contributed by atoms with Gasteiger partial charge in [0.25, 0.3) is 0 Å². The Kier molecular flexibility index (Phi) is 14.3. The summed E-state index contributed by atoms with van der Waals surface area (Å²) in [6.07, 6.45) is 1.11. The molecule has 0 aliphatic carbocycles. The number of aliphatic hydroxyl groups excluding tert-OH is 1. The molecule has 1 heterocycles. The predicted molar refractivity (Wildman–Crippen MR) is 157 cm³/mol. The van der Waals surface area contributed by atoms with Gasteiger partial charge in [0.05, 0.1) is 18.7 Å². The van der Waals surface area contributed by atoms with Gasteiger partial charge in [0.15, 0.2) is 0 Å². The lowest BCUT2D eigenvalue weighted by Gasteiger charge is -2.34. The van der Waals surface area contributed by atoms with Gasteiger partial charge in [-0.1, -0.05) is 56.2 Å². The maximum atomic E-state index is 13.3. The van der Waals surface area contributed by atoms with E-state index < -0.39 is 24.1 Å². The van der Waals surface area contributed by atoms with Gasteiger partial charge in [-0.05, 0) is 56.4 Å². The number of benzene rings is 2. The van der Waals surface area contributed by atoms with Crippen LogP contribution in [0, 0.1) is 18.7 Å². The van der Waals surface area contributed by atoms with E-state index in [0.29, 0.717) is 19.7 Å². The molecule has 0 spiro atoms. The molecule has 9 nitrogen and oxygen atoms in total. The molecule has 4 unspecified atom stereocenters. The number of hydrogen-bond donors (Lipinski definition) is 4. The maximum Gasteiger partial charge on any atom is 0.245 e. The molecule has 4 atom stereocenters. The second-order valence-corrected chi connectivity index (χ2v) is 10.4. The number of ether oxygens (including phenoxy) is 1. The van der Waals surface area contributed by atoms with Crippen LogP contribution in [0.4, 0.5) is 4.39 Å². The van der Waals surface area contributed by atoms with Crippen LogP contribution in [0.3, 0.4) is 0 Å². The van der Waals surface area contributed by atoms with Gasteiger partial charge in [-0.15, -0.1) is 0 Å². The normalized spacial score (nSPS) is 21.0. The zero-order valence-electron chi connectivity index (χ0n) is 24.8. The molecular formula is C31H45FN4O5. The summed E-state index contributed by atoms with van der Waals surface area (Å²) in [6, 6.07) is 12.5. The number of nitrogens with one attached hydrogen (secondary N) is 3. The first-order chi connectivity index (χ1) is 19.5. The minimum absolute atomic E-state index is 0.00122. The fourth-order valence-corrected chi connectivity index (χ4v) is 4.44. The number of aryl methyl sites for hydroxylation is 2. The van der Waals surface area contributed by atoms with Gasteiger partial charge in [-0.3, -0.25) is 14.4 Å². The van der Waals surface area contributed by atoms with Crippen LogP contribution in [-0.4, -0.2) is 79.2 Å². The van der Waals surface area contributed by atoms with E-state index >= 15 is 0 Å². The van der Waals surface area contributed by atoms with E-state index in [1.54, 1.807) is 12.1 Å². The van der Waals surface area contributed by atoms with Crippen molar-refractivity contribution in [3.8, 4) is 5.75 Å². The molecule has 1 aliphatic rings. The van der Waals surface area contributed by atoms with E-state index in [1.807, 2.05) is 45.0 Å². The number of carbonyl (C=O) groups excluding carboxylic acids is 3. The minimum atomic E-state index is -1.11. The Morgan fingerprint density at radius 1 is 1.05 bits per heavy atom. The van der Waals surface area contributed by atoms with Gasteiger partial charge < -0.3 is 30.7 Å². The summed E-state index contributed by atoms with van der Waals surface area (Å²) in [5.41, 5.74) is 2.14. The number of aliphatic hydroxyl groups is 1. The molecule has 1 aliphatic heterocycles. The average Bonchev–Trinajstić information content (AvgIpc) is 2.95. The largest absolute Gasteiger partial charge is 0.492 e. The molecule has 226 valence electrons. The number of amides is 3. The summed E-state index contributed by atoms with van der Waals surface area (Å²) in [7, 11) is 1.50. The first kappa shape index (κ1) is 33.7. The van der Waals surface area contributed by atoms with E-state index in [9.17, 15) is 23.9 Å². The van der Waals surface area contributed by atoms with Crippen molar-refractivity contribution in [2.24, 2.45) is 5.92 Å². The van der Waals surface area contributed by atoms with E-state index in [2.05, 4.69) is 16.0 Å². The Balaban J connectivity index is 0.000000629. The number of hydrogen-bond acceptors (Lipinski definition) is 6. The molecule has 0 saturated carbocycles. The molecule has 0 bridgehead atoms. The van der Waals surface area contributed by atoms with Crippen molar-refractivity contribution in [2.45, 2.75) is 65.1 Å². The number of fused-ring (bicyclic) bond motifs is 1. The van der Waals surface area contributed by atoms with Crippen LogP contribution in [0.5, 0.6) is 5.75 Å². The molecule has 0 saturated heterocycles. The van der Waals surface area contributed by atoms with E-state index in [-0.39, 0.29) is 30.1 Å². The Bertz CT molecular complexity index is 1090. The summed E-state index contributed by atoms with van der Waals surface area (Å²) >= 11 is 0. The summed E-state index contributed by atoms with van der Waals surface area (Å²) in [6.45, 7) is 8.40. The molecule has 4 N–H and O–H groups in total. The zero-order valence-corrected chi connectivity index (χ0v) is 24.8. The van der Waals surface area contributed by atoms with Gasteiger partial charge in [0.2, 0.25) is 17.7 Å². The third-order valence-electron chi connectivity index (χ3n) is 7.05. The fraction of sp³-hybridized carbons (Fsp3) is 0.516. The van der Waals surface area contributed by atoms with E-state index in [1.165, 1.54) is 31.0 Å². The van der Waals surface area contributed by atoms with Gasteiger partial charge in [-0.2, -0.15) is 0 Å². The number of rotatable bonds is 3.